The van der Waals surface area contributed by atoms with Crippen LogP contribution in [0.1, 0.15) is 6.92 Å². The molecule has 0 aromatic heterocycles. The molecule has 0 saturated carbocycles. The van der Waals surface area contributed by atoms with Gasteiger partial charge in [-0.05, 0) is 31.2 Å². The summed E-state index contributed by atoms with van der Waals surface area (Å²) in [5, 5.41) is 12.6. The third-order valence-electron chi connectivity index (χ3n) is 1.85. The quantitative estimate of drug-likeness (QED) is 0.806. The highest BCUT2D eigenvalue weighted by Gasteiger charge is 2.28. The van der Waals surface area contributed by atoms with Gasteiger partial charge in [-0.1, -0.05) is 11.6 Å². The number of carbonyl (C=O) groups excluding carboxylic acids is 1. The predicted octanol–water partition coefficient (Wildman–Crippen LogP) is 2.27. The van der Waals surface area contributed by atoms with E-state index in [0.29, 0.717) is 10.7 Å². The van der Waals surface area contributed by atoms with Crippen LogP contribution in [0.2, 0.25) is 5.02 Å². The molecule has 0 fully saturated rings. The summed E-state index contributed by atoms with van der Waals surface area (Å²) >= 11 is 11.1. The van der Waals surface area contributed by atoms with Gasteiger partial charge in [-0.15, -0.1) is 11.6 Å². The number of anilines is 1. The number of benzene rings is 1. The molecular formula is C10H11Cl2NO2. The SMILES string of the molecule is CC(O)(CCl)C(=O)Nc1ccc(Cl)cc1. The summed E-state index contributed by atoms with van der Waals surface area (Å²) in [4.78, 5) is 11.5. The second kappa shape index (κ2) is 4.84. The van der Waals surface area contributed by atoms with Crippen LogP contribution in [-0.4, -0.2) is 22.5 Å². The van der Waals surface area contributed by atoms with Gasteiger partial charge in [-0.3, -0.25) is 4.79 Å². The normalized spacial score (nSPS) is 14.4. The summed E-state index contributed by atoms with van der Waals surface area (Å²) in [5.41, 5.74) is -1.00. The van der Waals surface area contributed by atoms with Crippen LogP contribution in [0, 0.1) is 0 Å². The fraction of sp³-hybridized carbons (Fsp3) is 0.300. The van der Waals surface area contributed by atoms with Gasteiger partial charge < -0.3 is 10.4 Å². The average molecular weight is 248 g/mol. The molecule has 15 heavy (non-hydrogen) atoms. The van der Waals surface area contributed by atoms with Crippen LogP contribution >= 0.6 is 23.2 Å². The molecule has 0 spiro atoms. The standard InChI is InChI=1S/C10H11Cl2NO2/c1-10(15,6-11)9(14)13-8-4-2-7(12)3-5-8/h2-5,15H,6H2,1H3,(H,13,14). The van der Waals surface area contributed by atoms with Gasteiger partial charge in [0.05, 0.1) is 5.88 Å². The summed E-state index contributed by atoms with van der Waals surface area (Å²) in [6.45, 7) is 1.35. The van der Waals surface area contributed by atoms with E-state index in [-0.39, 0.29) is 5.88 Å². The number of amides is 1. The van der Waals surface area contributed by atoms with Crippen LogP contribution < -0.4 is 5.32 Å². The van der Waals surface area contributed by atoms with E-state index in [1.165, 1.54) is 6.92 Å². The van der Waals surface area contributed by atoms with Crippen molar-refractivity contribution in [2.24, 2.45) is 0 Å². The molecule has 5 heteroatoms. The summed E-state index contributed by atoms with van der Waals surface area (Å²) < 4.78 is 0. The van der Waals surface area contributed by atoms with Gasteiger partial charge in [-0.2, -0.15) is 0 Å². The molecule has 1 amide bonds. The van der Waals surface area contributed by atoms with Crippen LogP contribution in [0.25, 0.3) is 0 Å². The van der Waals surface area contributed by atoms with E-state index in [1.807, 2.05) is 0 Å². The van der Waals surface area contributed by atoms with E-state index in [9.17, 15) is 9.90 Å². The van der Waals surface area contributed by atoms with E-state index < -0.39 is 11.5 Å². The second-order valence-electron chi connectivity index (χ2n) is 3.37. The third kappa shape index (κ3) is 3.38. The van der Waals surface area contributed by atoms with Crippen molar-refractivity contribution in [2.45, 2.75) is 12.5 Å². The minimum Gasteiger partial charge on any atom is -0.379 e. The molecule has 0 heterocycles. The topological polar surface area (TPSA) is 49.3 Å². The van der Waals surface area contributed by atoms with Crippen LogP contribution in [-0.2, 0) is 4.79 Å². The van der Waals surface area contributed by atoms with Gasteiger partial charge in [0.15, 0.2) is 5.60 Å². The number of hydrogen-bond acceptors (Lipinski definition) is 2. The minimum absolute atomic E-state index is 0.160. The lowest BCUT2D eigenvalue weighted by molar-refractivity contribution is -0.130. The number of carbonyl (C=O) groups is 1. The predicted molar refractivity (Wildman–Crippen MR) is 61.4 cm³/mol. The first-order valence-corrected chi connectivity index (χ1v) is 5.22. The highest BCUT2D eigenvalue weighted by molar-refractivity contribution is 6.30. The highest BCUT2D eigenvalue weighted by Crippen LogP contribution is 2.15. The molecule has 1 unspecified atom stereocenters. The Kier molecular flexibility index (Phi) is 3.97. The maximum Gasteiger partial charge on any atom is 0.257 e. The Morgan fingerprint density at radius 2 is 2.00 bits per heavy atom. The van der Waals surface area contributed by atoms with Gasteiger partial charge in [0.25, 0.3) is 5.91 Å². The first-order valence-electron chi connectivity index (χ1n) is 4.31. The van der Waals surface area contributed by atoms with E-state index in [0.717, 1.165) is 0 Å². The molecule has 0 aliphatic carbocycles. The van der Waals surface area contributed by atoms with Crippen molar-refractivity contribution in [3.05, 3.63) is 29.3 Å². The number of nitrogens with one attached hydrogen (secondary N) is 1. The molecule has 3 nitrogen and oxygen atoms in total. The first-order chi connectivity index (χ1) is 6.95. The van der Waals surface area contributed by atoms with Gasteiger partial charge in [0.2, 0.25) is 0 Å². The van der Waals surface area contributed by atoms with E-state index in [4.69, 9.17) is 23.2 Å². The zero-order valence-electron chi connectivity index (χ0n) is 8.13. The number of hydrogen-bond donors (Lipinski definition) is 2. The number of alkyl halides is 1. The van der Waals surface area contributed by atoms with Gasteiger partial charge >= 0.3 is 0 Å². The van der Waals surface area contributed by atoms with E-state index in [1.54, 1.807) is 24.3 Å². The van der Waals surface area contributed by atoms with Crippen molar-refractivity contribution in [1.82, 2.24) is 0 Å². The van der Waals surface area contributed by atoms with Crippen molar-refractivity contribution in [3.8, 4) is 0 Å². The van der Waals surface area contributed by atoms with Crippen LogP contribution in [0.3, 0.4) is 0 Å². The summed E-state index contributed by atoms with van der Waals surface area (Å²) in [5.74, 6) is -0.702. The monoisotopic (exact) mass is 247 g/mol. The van der Waals surface area contributed by atoms with Crippen LogP contribution in [0.15, 0.2) is 24.3 Å². The van der Waals surface area contributed by atoms with Gasteiger partial charge in [-0.25, -0.2) is 0 Å². The Bertz CT molecular complexity index is 349. The Morgan fingerprint density at radius 1 is 1.47 bits per heavy atom. The van der Waals surface area contributed by atoms with Crippen LogP contribution in [0.4, 0.5) is 5.69 Å². The Labute approximate surface area is 98.0 Å². The zero-order chi connectivity index (χ0) is 11.5. The molecule has 1 atom stereocenters. The van der Waals surface area contributed by atoms with Crippen molar-refractivity contribution < 1.29 is 9.90 Å². The molecule has 0 aliphatic heterocycles. The summed E-state index contributed by atoms with van der Waals surface area (Å²) in [7, 11) is 0. The lowest BCUT2D eigenvalue weighted by Crippen LogP contribution is -2.41. The van der Waals surface area contributed by atoms with Crippen LogP contribution in [0.5, 0.6) is 0 Å². The molecule has 1 aromatic rings. The van der Waals surface area contributed by atoms with Crippen molar-refractivity contribution >= 4 is 34.8 Å². The molecule has 0 bridgehead atoms. The molecule has 0 saturated heterocycles. The number of halogens is 2. The number of rotatable bonds is 3. The zero-order valence-corrected chi connectivity index (χ0v) is 9.64. The van der Waals surface area contributed by atoms with Gasteiger partial charge in [0, 0.05) is 10.7 Å². The summed E-state index contributed by atoms with van der Waals surface area (Å²) in [6.07, 6.45) is 0. The molecule has 1 rings (SSSR count). The summed E-state index contributed by atoms with van der Waals surface area (Å²) in [6, 6.07) is 6.58. The van der Waals surface area contributed by atoms with Crippen molar-refractivity contribution in [2.75, 3.05) is 11.2 Å². The molecule has 1 aromatic carbocycles. The van der Waals surface area contributed by atoms with Gasteiger partial charge in [0.1, 0.15) is 0 Å². The molecule has 2 N–H and O–H groups in total. The van der Waals surface area contributed by atoms with E-state index in [2.05, 4.69) is 5.32 Å². The minimum atomic E-state index is -1.57. The fourth-order valence-corrected chi connectivity index (χ4v) is 1.11. The number of aliphatic hydroxyl groups is 1. The third-order valence-corrected chi connectivity index (χ3v) is 2.62. The maximum absolute atomic E-state index is 11.5. The Balaban J connectivity index is 2.71. The highest BCUT2D eigenvalue weighted by atomic mass is 35.5. The second-order valence-corrected chi connectivity index (χ2v) is 4.07. The van der Waals surface area contributed by atoms with E-state index >= 15 is 0 Å². The first kappa shape index (κ1) is 12.3. The smallest absolute Gasteiger partial charge is 0.257 e. The Morgan fingerprint density at radius 3 is 2.47 bits per heavy atom. The lowest BCUT2D eigenvalue weighted by atomic mass is 10.1. The molecule has 0 radical (unpaired) electrons. The van der Waals surface area contributed by atoms with Crippen molar-refractivity contribution in [1.29, 1.82) is 0 Å². The maximum atomic E-state index is 11.5. The molecular weight excluding hydrogens is 237 g/mol. The largest absolute Gasteiger partial charge is 0.379 e. The Hall–Kier alpha value is -0.770. The average Bonchev–Trinajstić information content (AvgIpc) is 2.21. The fourth-order valence-electron chi connectivity index (χ4n) is 0.860. The molecule has 0 aliphatic rings. The van der Waals surface area contributed by atoms with Crippen molar-refractivity contribution in [3.63, 3.8) is 0 Å². The molecule has 82 valence electrons. The lowest BCUT2D eigenvalue weighted by Gasteiger charge is -2.19.